The molecule has 1 fully saturated rings. The number of aromatic carboxylic acids is 1. The van der Waals surface area contributed by atoms with Gasteiger partial charge in [0.2, 0.25) is 0 Å². The van der Waals surface area contributed by atoms with E-state index in [1.54, 1.807) is 6.07 Å². The summed E-state index contributed by atoms with van der Waals surface area (Å²) in [6.45, 7) is 2.46. The predicted octanol–water partition coefficient (Wildman–Crippen LogP) is 2.11. The Morgan fingerprint density at radius 2 is 1.91 bits per heavy atom. The summed E-state index contributed by atoms with van der Waals surface area (Å²) in [6, 6.07) is 11.5. The molecule has 2 aliphatic heterocycles. The molecule has 118 valence electrons. The van der Waals surface area contributed by atoms with Gasteiger partial charge in [0.05, 0.1) is 6.61 Å². The van der Waals surface area contributed by atoms with Gasteiger partial charge in [0.1, 0.15) is 5.75 Å². The van der Waals surface area contributed by atoms with E-state index in [9.17, 15) is 4.79 Å². The second-order valence-electron chi connectivity index (χ2n) is 6.13. The van der Waals surface area contributed by atoms with E-state index < -0.39 is 5.97 Å². The minimum atomic E-state index is -1.05. The van der Waals surface area contributed by atoms with Gasteiger partial charge in [-0.2, -0.15) is 0 Å². The van der Waals surface area contributed by atoms with E-state index in [0.717, 1.165) is 44.1 Å². The number of ether oxygens (including phenoxy) is 1. The van der Waals surface area contributed by atoms with E-state index in [1.807, 2.05) is 12.1 Å². The molecule has 0 bridgehead atoms. The number of hydrogen-bond donors (Lipinski definition) is 1. The van der Waals surface area contributed by atoms with Crippen molar-refractivity contribution in [1.29, 1.82) is 0 Å². The molecular formula is C17H17N3O3. The fraction of sp³-hybridized carbons (Fsp3) is 0.353. The van der Waals surface area contributed by atoms with Crippen LogP contribution in [-0.4, -0.2) is 41.0 Å². The highest BCUT2D eigenvalue weighted by Gasteiger charge is 2.43. The van der Waals surface area contributed by atoms with E-state index in [2.05, 4.69) is 27.2 Å². The van der Waals surface area contributed by atoms with Crippen LogP contribution in [0.15, 0.2) is 36.4 Å². The number of aromatic nitrogens is 2. The van der Waals surface area contributed by atoms with Crippen LogP contribution in [0.3, 0.4) is 0 Å². The van der Waals surface area contributed by atoms with Crippen LogP contribution >= 0.6 is 0 Å². The molecule has 23 heavy (non-hydrogen) atoms. The second kappa shape index (κ2) is 5.22. The topological polar surface area (TPSA) is 75.5 Å². The van der Waals surface area contributed by atoms with Crippen molar-refractivity contribution in [2.24, 2.45) is 0 Å². The van der Waals surface area contributed by atoms with Crippen molar-refractivity contribution in [1.82, 2.24) is 10.2 Å². The van der Waals surface area contributed by atoms with Crippen LogP contribution in [0.1, 0.15) is 28.9 Å². The van der Waals surface area contributed by atoms with E-state index in [4.69, 9.17) is 9.84 Å². The standard InChI is InChI=1S/C17H17N3O3/c21-16(22)13-5-6-15(19-18-13)20-9-7-17(8-10-20)11-23-14-4-2-1-3-12(14)17/h1-6H,7-11H2,(H,21,22). The molecule has 0 aliphatic carbocycles. The number of anilines is 1. The fourth-order valence-corrected chi connectivity index (χ4v) is 3.51. The van der Waals surface area contributed by atoms with Crippen LogP contribution in [0, 0.1) is 0 Å². The van der Waals surface area contributed by atoms with Crippen LogP contribution in [0.4, 0.5) is 5.82 Å². The van der Waals surface area contributed by atoms with Crippen LogP contribution in [0.25, 0.3) is 0 Å². The second-order valence-corrected chi connectivity index (χ2v) is 6.13. The SMILES string of the molecule is O=C(O)c1ccc(N2CCC3(CC2)COc2ccccc23)nn1. The zero-order chi connectivity index (χ0) is 15.9. The summed E-state index contributed by atoms with van der Waals surface area (Å²) in [4.78, 5) is 13.0. The van der Waals surface area contributed by atoms with Gasteiger partial charge in [-0.1, -0.05) is 18.2 Å². The van der Waals surface area contributed by atoms with Crippen molar-refractivity contribution < 1.29 is 14.6 Å². The molecule has 1 aromatic heterocycles. The number of carboxylic acid groups (broad SMARTS) is 1. The zero-order valence-corrected chi connectivity index (χ0v) is 12.6. The number of benzene rings is 1. The van der Waals surface area contributed by atoms with Crippen molar-refractivity contribution in [3.63, 3.8) is 0 Å². The van der Waals surface area contributed by atoms with E-state index in [1.165, 1.54) is 11.6 Å². The molecule has 0 radical (unpaired) electrons. The van der Waals surface area contributed by atoms with Gasteiger partial charge >= 0.3 is 5.97 Å². The first-order valence-electron chi connectivity index (χ1n) is 7.72. The third kappa shape index (κ3) is 2.30. The number of piperidine rings is 1. The molecule has 4 rings (SSSR count). The lowest BCUT2D eigenvalue weighted by Crippen LogP contribution is -2.44. The highest BCUT2D eigenvalue weighted by atomic mass is 16.5. The maximum Gasteiger partial charge on any atom is 0.356 e. The Bertz CT molecular complexity index is 737. The van der Waals surface area contributed by atoms with E-state index in [-0.39, 0.29) is 11.1 Å². The van der Waals surface area contributed by atoms with Gasteiger partial charge in [0.15, 0.2) is 11.5 Å². The van der Waals surface area contributed by atoms with Crippen molar-refractivity contribution in [2.45, 2.75) is 18.3 Å². The Morgan fingerprint density at radius 1 is 1.13 bits per heavy atom. The molecule has 2 aliphatic rings. The Kier molecular flexibility index (Phi) is 3.18. The van der Waals surface area contributed by atoms with Crippen molar-refractivity contribution in [3.8, 4) is 5.75 Å². The summed E-state index contributed by atoms with van der Waals surface area (Å²) < 4.78 is 5.86. The Hall–Kier alpha value is -2.63. The Balaban J connectivity index is 1.50. The van der Waals surface area contributed by atoms with Gasteiger partial charge in [-0.25, -0.2) is 4.79 Å². The minimum absolute atomic E-state index is 0.0275. The van der Waals surface area contributed by atoms with Crippen LogP contribution in [-0.2, 0) is 5.41 Å². The molecule has 0 atom stereocenters. The van der Waals surface area contributed by atoms with Gasteiger partial charge in [-0.15, -0.1) is 10.2 Å². The molecule has 3 heterocycles. The highest BCUT2D eigenvalue weighted by molar-refractivity contribution is 5.85. The number of fused-ring (bicyclic) bond motifs is 2. The summed E-state index contributed by atoms with van der Waals surface area (Å²) >= 11 is 0. The number of rotatable bonds is 2. The molecule has 6 nitrogen and oxygen atoms in total. The maximum atomic E-state index is 10.8. The summed E-state index contributed by atoms with van der Waals surface area (Å²) in [6.07, 6.45) is 1.98. The molecule has 0 amide bonds. The highest BCUT2D eigenvalue weighted by Crippen LogP contribution is 2.45. The Labute approximate surface area is 133 Å². The zero-order valence-electron chi connectivity index (χ0n) is 12.6. The molecule has 1 spiro atoms. The molecule has 0 unspecified atom stereocenters. The molecule has 1 aromatic carbocycles. The van der Waals surface area contributed by atoms with E-state index in [0.29, 0.717) is 0 Å². The first-order valence-corrected chi connectivity index (χ1v) is 7.72. The predicted molar refractivity (Wildman–Crippen MR) is 84.1 cm³/mol. The molecule has 2 aromatic rings. The van der Waals surface area contributed by atoms with Gasteiger partial charge in [-0.3, -0.25) is 0 Å². The molecular weight excluding hydrogens is 294 g/mol. The Morgan fingerprint density at radius 3 is 2.61 bits per heavy atom. The largest absolute Gasteiger partial charge is 0.492 e. The fourth-order valence-electron chi connectivity index (χ4n) is 3.51. The minimum Gasteiger partial charge on any atom is -0.492 e. The molecule has 1 N–H and O–H groups in total. The van der Waals surface area contributed by atoms with E-state index >= 15 is 0 Å². The average Bonchev–Trinajstić information content (AvgIpc) is 2.95. The van der Waals surface area contributed by atoms with Crippen LogP contribution < -0.4 is 9.64 Å². The third-order valence-electron chi connectivity index (χ3n) is 4.88. The van der Waals surface area contributed by atoms with Crippen molar-refractivity contribution in [3.05, 3.63) is 47.7 Å². The summed E-state index contributed by atoms with van der Waals surface area (Å²) in [5, 5.41) is 16.7. The summed E-state index contributed by atoms with van der Waals surface area (Å²) in [5.41, 5.74) is 1.38. The maximum absolute atomic E-state index is 10.8. The lowest BCUT2D eigenvalue weighted by molar-refractivity contribution is 0.0689. The monoisotopic (exact) mass is 311 g/mol. The normalized spacial score (nSPS) is 18.5. The number of para-hydroxylation sites is 1. The van der Waals surface area contributed by atoms with Gasteiger partial charge in [0, 0.05) is 24.1 Å². The van der Waals surface area contributed by atoms with Crippen LogP contribution in [0.5, 0.6) is 5.75 Å². The van der Waals surface area contributed by atoms with Gasteiger partial charge in [-0.05, 0) is 31.0 Å². The summed E-state index contributed by atoms with van der Waals surface area (Å²) in [7, 11) is 0. The molecule has 1 saturated heterocycles. The quantitative estimate of drug-likeness (QED) is 0.915. The third-order valence-corrected chi connectivity index (χ3v) is 4.88. The van der Waals surface area contributed by atoms with Crippen molar-refractivity contribution >= 4 is 11.8 Å². The number of carbonyl (C=O) groups is 1. The average molecular weight is 311 g/mol. The molecule has 6 heteroatoms. The molecule has 0 saturated carbocycles. The number of carboxylic acids is 1. The van der Waals surface area contributed by atoms with Crippen LogP contribution in [0.2, 0.25) is 0 Å². The first-order chi connectivity index (χ1) is 11.2. The van der Waals surface area contributed by atoms with Gasteiger partial charge < -0.3 is 14.7 Å². The summed E-state index contributed by atoms with van der Waals surface area (Å²) in [5.74, 6) is 0.685. The number of nitrogens with zero attached hydrogens (tertiary/aromatic N) is 3. The van der Waals surface area contributed by atoms with Crippen molar-refractivity contribution in [2.75, 3.05) is 24.6 Å². The smallest absolute Gasteiger partial charge is 0.356 e. The number of hydrogen-bond acceptors (Lipinski definition) is 5. The van der Waals surface area contributed by atoms with Gasteiger partial charge in [0.25, 0.3) is 0 Å². The lowest BCUT2D eigenvalue weighted by Gasteiger charge is -2.38. The first kappa shape index (κ1) is 14.0. The lowest BCUT2D eigenvalue weighted by atomic mass is 9.74.